The Kier molecular flexibility index (Phi) is 6.09. The Hall–Kier alpha value is -1.86. The summed E-state index contributed by atoms with van der Waals surface area (Å²) in [4.78, 5) is 0. The number of thiocarbonyl (C=S) groups is 1. The highest BCUT2D eigenvalue weighted by atomic mass is 32.1. The number of benzene rings is 1. The van der Waals surface area contributed by atoms with Crippen molar-refractivity contribution in [3.63, 3.8) is 0 Å². The zero-order chi connectivity index (χ0) is 17.6. The summed E-state index contributed by atoms with van der Waals surface area (Å²) >= 11 is 5.24. The molecule has 2 aliphatic heterocycles. The number of ether oxygens (including phenoxy) is 3. The van der Waals surface area contributed by atoms with Gasteiger partial charge in [-0.3, -0.25) is 5.43 Å². The van der Waals surface area contributed by atoms with E-state index < -0.39 is 0 Å². The number of hydrazone groups is 1. The van der Waals surface area contributed by atoms with E-state index in [0.29, 0.717) is 18.3 Å². The first-order valence-electron chi connectivity index (χ1n) is 8.80. The third kappa shape index (κ3) is 4.83. The normalized spacial score (nSPS) is 21.8. The second kappa shape index (κ2) is 8.49. The first-order chi connectivity index (χ1) is 12.2. The predicted molar refractivity (Wildman–Crippen MR) is 102 cm³/mol. The van der Waals surface area contributed by atoms with E-state index in [4.69, 9.17) is 26.4 Å². The van der Waals surface area contributed by atoms with Gasteiger partial charge in [-0.1, -0.05) is 0 Å². The summed E-state index contributed by atoms with van der Waals surface area (Å²) in [5.41, 5.74) is 4.88. The van der Waals surface area contributed by atoms with Gasteiger partial charge >= 0.3 is 0 Å². The van der Waals surface area contributed by atoms with Gasteiger partial charge in [0.05, 0.1) is 18.9 Å². The predicted octanol–water partition coefficient (Wildman–Crippen LogP) is 2.39. The van der Waals surface area contributed by atoms with Crippen LogP contribution >= 0.6 is 12.2 Å². The fourth-order valence-electron chi connectivity index (χ4n) is 3.05. The molecule has 0 aliphatic carbocycles. The van der Waals surface area contributed by atoms with E-state index in [1.165, 1.54) is 5.56 Å². The third-order valence-electron chi connectivity index (χ3n) is 4.21. The first kappa shape index (κ1) is 17.9. The van der Waals surface area contributed by atoms with Crippen LogP contribution in [0.3, 0.4) is 0 Å². The molecule has 3 rings (SSSR count). The number of nitrogens with zero attached hydrogens (tertiary/aromatic N) is 1. The van der Waals surface area contributed by atoms with Crippen molar-refractivity contribution in [2.75, 3.05) is 19.8 Å². The maximum Gasteiger partial charge on any atom is 0.187 e. The van der Waals surface area contributed by atoms with Gasteiger partial charge in [0.15, 0.2) is 5.11 Å². The van der Waals surface area contributed by atoms with Gasteiger partial charge in [0.1, 0.15) is 17.6 Å². The monoisotopic (exact) mass is 363 g/mol. The van der Waals surface area contributed by atoms with Crippen LogP contribution in [0.15, 0.2) is 17.2 Å². The summed E-state index contributed by atoms with van der Waals surface area (Å²) in [6, 6.07) is 4.01. The van der Waals surface area contributed by atoms with Crippen LogP contribution in [-0.4, -0.2) is 43.3 Å². The Bertz CT molecular complexity index is 645. The molecule has 25 heavy (non-hydrogen) atoms. The SMILES string of the molecule is CCOc1cc2c(cc1/C=N\NC(=S)NC[C@@H]1CCCO1)O[C@H](C)C2. The summed E-state index contributed by atoms with van der Waals surface area (Å²) in [5.74, 6) is 1.71. The number of fused-ring (bicyclic) bond motifs is 1. The second-order valence-electron chi connectivity index (χ2n) is 6.28. The van der Waals surface area contributed by atoms with E-state index >= 15 is 0 Å². The van der Waals surface area contributed by atoms with Gasteiger partial charge < -0.3 is 19.5 Å². The lowest BCUT2D eigenvalue weighted by Crippen LogP contribution is -2.37. The molecule has 1 aromatic carbocycles. The highest BCUT2D eigenvalue weighted by Crippen LogP contribution is 2.34. The molecule has 136 valence electrons. The minimum absolute atomic E-state index is 0.198. The molecule has 0 spiro atoms. The van der Waals surface area contributed by atoms with Crippen LogP contribution in [0, 0.1) is 0 Å². The molecule has 0 bridgehead atoms. The molecule has 6 nitrogen and oxygen atoms in total. The minimum atomic E-state index is 0.198. The Labute approximate surface area is 153 Å². The molecule has 7 heteroatoms. The maximum absolute atomic E-state index is 5.81. The smallest absolute Gasteiger partial charge is 0.187 e. The zero-order valence-electron chi connectivity index (χ0n) is 14.7. The van der Waals surface area contributed by atoms with Gasteiger partial charge in [-0.25, -0.2) is 0 Å². The van der Waals surface area contributed by atoms with E-state index in [2.05, 4.69) is 22.8 Å². The van der Waals surface area contributed by atoms with Crippen molar-refractivity contribution in [3.05, 3.63) is 23.3 Å². The van der Waals surface area contributed by atoms with Crippen molar-refractivity contribution < 1.29 is 14.2 Å². The second-order valence-corrected chi connectivity index (χ2v) is 6.69. The average molecular weight is 363 g/mol. The van der Waals surface area contributed by atoms with Crippen molar-refractivity contribution in [2.24, 2.45) is 5.10 Å². The topological polar surface area (TPSA) is 64.1 Å². The molecule has 2 N–H and O–H groups in total. The third-order valence-corrected chi connectivity index (χ3v) is 4.45. The van der Waals surface area contributed by atoms with Crippen LogP contribution in [-0.2, 0) is 11.2 Å². The van der Waals surface area contributed by atoms with Crippen molar-refractivity contribution in [1.82, 2.24) is 10.7 Å². The molecule has 2 heterocycles. The highest BCUT2D eigenvalue weighted by Gasteiger charge is 2.21. The van der Waals surface area contributed by atoms with E-state index in [-0.39, 0.29) is 12.2 Å². The average Bonchev–Trinajstić information content (AvgIpc) is 3.21. The number of nitrogens with one attached hydrogen (secondary N) is 2. The fraction of sp³-hybridized carbons (Fsp3) is 0.556. The summed E-state index contributed by atoms with van der Waals surface area (Å²) in [6.45, 7) is 6.17. The Morgan fingerprint density at radius 3 is 3.12 bits per heavy atom. The summed E-state index contributed by atoms with van der Waals surface area (Å²) in [7, 11) is 0. The van der Waals surface area contributed by atoms with Crippen molar-refractivity contribution in [3.8, 4) is 11.5 Å². The molecule has 1 saturated heterocycles. The molecule has 0 radical (unpaired) electrons. The van der Waals surface area contributed by atoms with E-state index in [1.807, 2.05) is 19.1 Å². The lowest BCUT2D eigenvalue weighted by atomic mass is 10.1. The van der Waals surface area contributed by atoms with Gasteiger partial charge in [0, 0.05) is 30.7 Å². The molecular formula is C18H25N3O3S. The summed E-state index contributed by atoms with van der Waals surface area (Å²) < 4.78 is 17.1. The maximum atomic E-state index is 5.81. The Morgan fingerprint density at radius 1 is 1.48 bits per heavy atom. The highest BCUT2D eigenvalue weighted by molar-refractivity contribution is 7.80. The molecular weight excluding hydrogens is 338 g/mol. The van der Waals surface area contributed by atoms with Gasteiger partial charge in [0.2, 0.25) is 0 Å². The van der Waals surface area contributed by atoms with Gasteiger partial charge in [0.25, 0.3) is 0 Å². The molecule has 0 unspecified atom stereocenters. The van der Waals surface area contributed by atoms with E-state index in [0.717, 1.165) is 42.9 Å². The minimum Gasteiger partial charge on any atom is -0.493 e. The molecule has 0 aromatic heterocycles. The van der Waals surface area contributed by atoms with E-state index in [1.54, 1.807) is 6.21 Å². The molecule has 0 saturated carbocycles. The zero-order valence-corrected chi connectivity index (χ0v) is 15.5. The van der Waals surface area contributed by atoms with E-state index in [9.17, 15) is 0 Å². The van der Waals surface area contributed by atoms with Crippen LogP contribution in [0.1, 0.15) is 37.8 Å². The van der Waals surface area contributed by atoms with Crippen molar-refractivity contribution in [2.45, 2.75) is 45.3 Å². The molecule has 1 aromatic rings. The molecule has 2 aliphatic rings. The Morgan fingerprint density at radius 2 is 2.36 bits per heavy atom. The van der Waals surface area contributed by atoms with Crippen LogP contribution < -0.4 is 20.2 Å². The van der Waals surface area contributed by atoms with Crippen molar-refractivity contribution in [1.29, 1.82) is 0 Å². The summed E-state index contributed by atoms with van der Waals surface area (Å²) in [6.07, 6.45) is 5.24. The summed E-state index contributed by atoms with van der Waals surface area (Å²) in [5, 5.41) is 7.83. The number of rotatable bonds is 6. The van der Waals surface area contributed by atoms with Gasteiger partial charge in [-0.2, -0.15) is 5.10 Å². The largest absolute Gasteiger partial charge is 0.493 e. The lowest BCUT2D eigenvalue weighted by molar-refractivity contribution is 0.114. The first-order valence-corrected chi connectivity index (χ1v) is 9.21. The number of hydrogen-bond donors (Lipinski definition) is 2. The number of hydrogen-bond acceptors (Lipinski definition) is 5. The Balaban J connectivity index is 1.58. The van der Waals surface area contributed by atoms with Crippen LogP contribution in [0.5, 0.6) is 11.5 Å². The van der Waals surface area contributed by atoms with Crippen LogP contribution in [0.2, 0.25) is 0 Å². The standard InChI is InChI=1S/C18H25N3O3S/c1-3-22-16-8-13-7-12(2)24-17(13)9-14(16)10-20-21-18(25)19-11-15-5-4-6-23-15/h8-10,12,15H,3-7,11H2,1-2H3,(H2,19,21,25)/b20-10-/t12-,15+/m1/s1. The fourth-order valence-corrected chi connectivity index (χ4v) is 3.18. The molecule has 1 fully saturated rings. The van der Waals surface area contributed by atoms with Crippen LogP contribution in [0.4, 0.5) is 0 Å². The van der Waals surface area contributed by atoms with Crippen LogP contribution in [0.25, 0.3) is 0 Å². The molecule has 2 atom stereocenters. The van der Waals surface area contributed by atoms with Gasteiger partial charge in [-0.05, 0) is 51.0 Å². The molecule has 0 amide bonds. The van der Waals surface area contributed by atoms with Crippen molar-refractivity contribution >= 4 is 23.5 Å². The quantitative estimate of drug-likeness (QED) is 0.460. The lowest BCUT2D eigenvalue weighted by Gasteiger charge is -2.12. The van der Waals surface area contributed by atoms with Gasteiger partial charge in [-0.15, -0.1) is 0 Å².